The quantitative estimate of drug-likeness (QED) is 0.693. The molecule has 1 N–H and O–H groups in total. The van der Waals surface area contributed by atoms with Crippen molar-refractivity contribution in [1.82, 2.24) is 15.1 Å². The van der Waals surface area contributed by atoms with E-state index in [1.807, 2.05) is 18.2 Å². The molecule has 2 aliphatic heterocycles. The van der Waals surface area contributed by atoms with Gasteiger partial charge in [0.05, 0.1) is 18.8 Å². The van der Waals surface area contributed by atoms with Crippen LogP contribution in [0.15, 0.2) is 60.7 Å². The van der Waals surface area contributed by atoms with Crippen molar-refractivity contribution in [3.05, 3.63) is 71.8 Å². The zero-order valence-corrected chi connectivity index (χ0v) is 17.8. The van der Waals surface area contributed by atoms with Crippen molar-refractivity contribution in [3.63, 3.8) is 0 Å². The highest BCUT2D eigenvalue weighted by Gasteiger charge is 2.45. The van der Waals surface area contributed by atoms with Crippen molar-refractivity contribution >= 4 is 5.91 Å². The molecule has 0 spiro atoms. The largest absolute Gasteiger partial charge is 0.377 e. The summed E-state index contributed by atoms with van der Waals surface area (Å²) in [5, 5.41) is 3.18. The third kappa shape index (κ3) is 5.48. The van der Waals surface area contributed by atoms with Gasteiger partial charge in [0.25, 0.3) is 0 Å². The average molecular weight is 408 g/mol. The Bertz CT molecular complexity index is 785. The molecular formula is C25H33N3O2. The minimum atomic E-state index is -0.0199. The number of nitrogens with one attached hydrogen (secondary N) is 1. The highest BCUT2D eigenvalue weighted by Crippen LogP contribution is 2.26. The molecule has 2 aromatic rings. The van der Waals surface area contributed by atoms with Gasteiger partial charge < -0.3 is 15.0 Å². The zero-order chi connectivity index (χ0) is 20.7. The summed E-state index contributed by atoms with van der Waals surface area (Å²) in [6.45, 7) is 7.47. The number of rotatable bonds is 9. The molecular weight excluding hydrogens is 374 g/mol. The van der Waals surface area contributed by atoms with Gasteiger partial charge in [0, 0.05) is 45.7 Å². The normalized spacial score (nSPS) is 19.2. The zero-order valence-electron chi connectivity index (χ0n) is 17.8. The van der Waals surface area contributed by atoms with Gasteiger partial charge in [-0.2, -0.15) is 0 Å². The fourth-order valence-corrected chi connectivity index (χ4v) is 4.37. The minimum absolute atomic E-state index is 0.0199. The van der Waals surface area contributed by atoms with Crippen LogP contribution in [0.4, 0.5) is 0 Å². The van der Waals surface area contributed by atoms with E-state index in [0.29, 0.717) is 13.0 Å². The van der Waals surface area contributed by atoms with E-state index in [1.54, 1.807) is 0 Å². The maximum absolute atomic E-state index is 12.4. The number of carbonyl (C=O) groups is 1. The van der Waals surface area contributed by atoms with Crippen LogP contribution in [0, 0.1) is 0 Å². The molecule has 0 atom stereocenters. The van der Waals surface area contributed by atoms with Crippen molar-refractivity contribution in [1.29, 1.82) is 0 Å². The van der Waals surface area contributed by atoms with Crippen molar-refractivity contribution in [2.24, 2.45) is 0 Å². The Labute approximate surface area is 180 Å². The van der Waals surface area contributed by atoms with Crippen LogP contribution in [0.3, 0.4) is 0 Å². The Morgan fingerprint density at radius 3 is 2.03 bits per heavy atom. The molecule has 0 aliphatic carbocycles. The van der Waals surface area contributed by atoms with Crippen LogP contribution in [0.2, 0.25) is 0 Å². The van der Waals surface area contributed by atoms with E-state index in [9.17, 15) is 4.79 Å². The van der Waals surface area contributed by atoms with Crippen LogP contribution in [-0.2, 0) is 22.4 Å². The van der Waals surface area contributed by atoms with Crippen LogP contribution in [-0.4, -0.2) is 73.7 Å². The van der Waals surface area contributed by atoms with E-state index < -0.39 is 0 Å². The Morgan fingerprint density at radius 1 is 0.867 bits per heavy atom. The Kier molecular flexibility index (Phi) is 7.16. The molecule has 0 radical (unpaired) electrons. The van der Waals surface area contributed by atoms with Gasteiger partial charge in [0.1, 0.15) is 0 Å². The fourth-order valence-electron chi connectivity index (χ4n) is 4.37. The highest BCUT2D eigenvalue weighted by molar-refractivity contribution is 5.76. The maximum Gasteiger partial charge on any atom is 0.220 e. The summed E-state index contributed by atoms with van der Waals surface area (Å²) in [7, 11) is 0. The van der Waals surface area contributed by atoms with Gasteiger partial charge >= 0.3 is 0 Å². The second kappa shape index (κ2) is 10.2. The van der Waals surface area contributed by atoms with Gasteiger partial charge in [-0.25, -0.2) is 0 Å². The number of benzene rings is 2. The summed E-state index contributed by atoms with van der Waals surface area (Å²) in [5.74, 6) is 0.131. The van der Waals surface area contributed by atoms with E-state index in [1.165, 1.54) is 11.1 Å². The maximum atomic E-state index is 12.4. The van der Waals surface area contributed by atoms with Crippen LogP contribution in [0.25, 0.3) is 0 Å². The van der Waals surface area contributed by atoms with Crippen LogP contribution in [0.5, 0.6) is 0 Å². The number of hydrogen-bond acceptors (Lipinski definition) is 4. The summed E-state index contributed by atoms with van der Waals surface area (Å²) >= 11 is 0. The third-order valence-electron chi connectivity index (χ3n) is 6.44. The second-order valence-electron chi connectivity index (χ2n) is 8.54. The number of hydrogen-bond donors (Lipinski definition) is 1. The molecule has 4 rings (SSSR count). The number of carbonyl (C=O) groups excluding carboxylic acids is 1. The van der Waals surface area contributed by atoms with E-state index in [0.717, 1.165) is 58.8 Å². The molecule has 0 saturated carbocycles. The molecule has 2 heterocycles. The molecule has 0 aromatic heterocycles. The smallest absolute Gasteiger partial charge is 0.220 e. The fraction of sp³-hybridized carbons (Fsp3) is 0.480. The lowest BCUT2D eigenvalue weighted by Crippen LogP contribution is -2.70. The van der Waals surface area contributed by atoms with Crippen LogP contribution in [0.1, 0.15) is 17.5 Å². The first kappa shape index (κ1) is 21.0. The van der Waals surface area contributed by atoms with E-state index in [4.69, 9.17) is 4.74 Å². The topological polar surface area (TPSA) is 44.8 Å². The third-order valence-corrected chi connectivity index (χ3v) is 6.44. The summed E-state index contributed by atoms with van der Waals surface area (Å²) in [6.07, 6.45) is 2.43. The Morgan fingerprint density at radius 2 is 1.47 bits per heavy atom. The SMILES string of the molecule is O=C(CCc1ccccc1)NCC1(N2CCN(CCc3ccccc3)CC2)COC1. The Balaban J connectivity index is 1.19. The molecule has 2 saturated heterocycles. The van der Waals surface area contributed by atoms with Gasteiger partial charge in [-0.05, 0) is 24.0 Å². The number of piperazine rings is 1. The highest BCUT2D eigenvalue weighted by atomic mass is 16.5. The first-order valence-corrected chi connectivity index (χ1v) is 11.1. The molecule has 2 aliphatic rings. The van der Waals surface area contributed by atoms with Gasteiger partial charge in [-0.15, -0.1) is 0 Å². The predicted octanol–water partition coefficient (Wildman–Crippen LogP) is 2.36. The van der Waals surface area contributed by atoms with Crippen LogP contribution < -0.4 is 5.32 Å². The van der Waals surface area contributed by atoms with Gasteiger partial charge in [0.2, 0.25) is 5.91 Å². The lowest BCUT2D eigenvalue weighted by Gasteiger charge is -2.52. The van der Waals surface area contributed by atoms with E-state index in [2.05, 4.69) is 57.6 Å². The average Bonchev–Trinajstić information content (AvgIpc) is 2.78. The lowest BCUT2D eigenvalue weighted by atomic mass is 9.93. The van der Waals surface area contributed by atoms with Gasteiger partial charge in [-0.1, -0.05) is 60.7 Å². The van der Waals surface area contributed by atoms with Crippen molar-refractivity contribution < 1.29 is 9.53 Å². The van der Waals surface area contributed by atoms with E-state index in [-0.39, 0.29) is 11.4 Å². The first-order valence-electron chi connectivity index (χ1n) is 11.1. The monoisotopic (exact) mass is 407 g/mol. The number of aryl methyl sites for hydroxylation is 1. The molecule has 1 amide bonds. The number of nitrogens with zero attached hydrogens (tertiary/aromatic N) is 2. The van der Waals surface area contributed by atoms with Crippen molar-refractivity contribution in [3.8, 4) is 0 Å². The van der Waals surface area contributed by atoms with Gasteiger partial charge in [0.15, 0.2) is 0 Å². The Hall–Kier alpha value is -2.21. The lowest BCUT2D eigenvalue weighted by molar-refractivity contribution is -0.151. The molecule has 2 aromatic carbocycles. The molecule has 30 heavy (non-hydrogen) atoms. The second-order valence-corrected chi connectivity index (χ2v) is 8.54. The predicted molar refractivity (Wildman–Crippen MR) is 119 cm³/mol. The van der Waals surface area contributed by atoms with Crippen molar-refractivity contribution in [2.75, 3.05) is 52.5 Å². The summed E-state index contributed by atoms with van der Waals surface area (Å²) in [6, 6.07) is 20.9. The summed E-state index contributed by atoms with van der Waals surface area (Å²) in [5.41, 5.74) is 2.59. The molecule has 160 valence electrons. The molecule has 0 bridgehead atoms. The summed E-state index contributed by atoms with van der Waals surface area (Å²) < 4.78 is 5.58. The molecule has 0 unspecified atom stereocenters. The van der Waals surface area contributed by atoms with E-state index >= 15 is 0 Å². The number of ether oxygens (including phenoxy) is 1. The first-order chi connectivity index (χ1) is 14.7. The van der Waals surface area contributed by atoms with Crippen molar-refractivity contribution in [2.45, 2.75) is 24.8 Å². The molecule has 5 heteroatoms. The standard InChI is InChI=1S/C25H33N3O2/c29-24(12-11-22-7-3-1-4-8-22)26-19-25(20-30-21-25)28-17-15-27(16-18-28)14-13-23-9-5-2-6-10-23/h1-10H,11-21H2,(H,26,29). The minimum Gasteiger partial charge on any atom is -0.377 e. The number of amides is 1. The van der Waals surface area contributed by atoms with Crippen LogP contribution >= 0.6 is 0 Å². The van der Waals surface area contributed by atoms with Gasteiger partial charge in [-0.3, -0.25) is 9.69 Å². The molecule has 5 nitrogen and oxygen atoms in total. The summed E-state index contributed by atoms with van der Waals surface area (Å²) in [4.78, 5) is 17.5. The molecule has 2 fully saturated rings.